The number of nitrogens with zero attached hydrogens (tertiary/aromatic N) is 1. The topological polar surface area (TPSA) is 97.4 Å². The molecule has 0 aliphatic rings. The van der Waals surface area contributed by atoms with E-state index in [1.165, 1.54) is 36.6 Å². The van der Waals surface area contributed by atoms with Crippen LogP contribution in [0.5, 0.6) is 5.75 Å². The lowest BCUT2D eigenvalue weighted by molar-refractivity contribution is 0.102. The summed E-state index contributed by atoms with van der Waals surface area (Å²) in [5.74, 6) is 0.145. The van der Waals surface area contributed by atoms with Gasteiger partial charge in [-0.05, 0) is 54.6 Å². The summed E-state index contributed by atoms with van der Waals surface area (Å²) in [6, 6.07) is 19.5. The number of methoxy groups -OCH3 is 1. The molecular weight excluding hydrogens is 482 g/mol. The van der Waals surface area contributed by atoms with Crippen molar-refractivity contribution in [2.24, 2.45) is 0 Å². The number of hydrogen-bond acceptors (Lipinski definition) is 6. The van der Waals surface area contributed by atoms with Crippen LogP contribution in [0.4, 0.5) is 10.8 Å². The van der Waals surface area contributed by atoms with E-state index in [0.29, 0.717) is 21.6 Å². The highest BCUT2D eigenvalue weighted by atomic mass is 35.5. The third kappa shape index (κ3) is 5.51. The Hall–Kier alpha value is -3.40. The summed E-state index contributed by atoms with van der Waals surface area (Å²) in [6.07, 6.45) is 0. The maximum atomic E-state index is 12.7. The lowest BCUT2D eigenvalue weighted by Crippen LogP contribution is -2.15. The van der Waals surface area contributed by atoms with Crippen molar-refractivity contribution in [1.29, 1.82) is 0 Å². The van der Waals surface area contributed by atoms with Crippen molar-refractivity contribution in [1.82, 2.24) is 4.98 Å². The number of anilines is 2. The highest BCUT2D eigenvalue weighted by Gasteiger charge is 2.16. The molecule has 0 aliphatic carbocycles. The predicted molar refractivity (Wildman–Crippen MR) is 131 cm³/mol. The molecule has 0 radical (unpaired) electrons. The molecule has 7 nitrogen and oxygen atoms in total. The van der Waals surface area contributed by atoms with Crippen LogP contribution in [0.3, 0.4) is 0 Å². The number of aromatic nitrogens is 1. The van der Waals surface area contributed by atoms with E-state index in [0.717, 1.165) is 5.56 Å². The van der Waals surface area contributed by atoms with E-state index < -0.39 is 15.9 Å². The molecule has 0 unspecified atom stereocenters. The highest BCUT2D eigenvalue weighted by Crippen LogP contribution is 2.27. The van der Waals surface area contributed by atoms with Gasteiger partial charge in [-0.2, -0.15) is 0 Å². The minimum Gasteiger partial charge on any atom is -0.497 e. The van der Waals surface area contributed by atoms with Crippen LogP contribution in [-0.4, -0.2) is 26.4 Å². The van der Waals surface area contributed by atoms with Gasteiger partial charge in [-0.15, -0.1) is 11.3 Å². The lowest BCUT2D eigenvalue weighted by Gasteiger charge is -2.10. The van der Waals surface area contributed by atoms with Gasteiger partial charge in [0.05, 0.1) is 17.7 Å². The molecule has 1 amide bonds. The summed E-state index contributed by atoms with van der Waals surface area (Å²) in [5.41, 5.74) is 2.15. The zero-order valence-corrected chi connectivity index (χ0v) is 19.7. The molecule has 0 aliphatic heterocycles. The lowest BCUT2D eigenvalue weighted by atomic mass is 10.2. The molecule has 0 bridgehead atoms. The zero-order chi connectivity index (χ0) is 23.4. The fourth-order valence-electron chi connectivity index (χ4n) is 2.95. The summed E-state index contributed by atoms with van der Waals surface area (Å²) < 4.78 is 32.9. The fraction of sp³-hybridized carbons (Fsp3) is 0.0435. The monoisotopic (exact) mass is 499 g/mol. The molecule has 4 aromatic rings. The fourth-order valence-corrected chi connectivity index (χ4v) is 4.84. The van der Waals surface area contributed by atoms with Crippen molar-refractivity contribution in [2.45, 2.75) is 4.90 Å². The van der Waals surface area contributed by atoms with Crippen molar-refractivity contribution in [3.63, 3.8) is 0 Å². The van der Waals surface area contributed by atoms with Gasteiger partial charge in [0.1, 0.15) is 5.75 Å². The van der Waals surface area contributed by atoms with E-state index in [1.54, 1.807) is 42.5 Å². The molecule has 0 fully saturated rings. The Morgan fingerprint density at radius 1 is 1.03 bits per heavy atom. The smallest absolute Gasteiger partial charge is 0.261 e. The highest BCUT2D eigenvalue weighted by molar-refractivity contribution is 7.92. The minimum absolute atomic E-state index is 0.0793. The normalized spacial score (nSPS) is 11.1. The van der Waals surface area contributed by atoms with E-state index in [4.69, 9.17) is 16.3 Å². The Bertz CT molecular complexity index is 1390. The van der Waals surface area contributed by atoms with Crippen molar-refractivity contribution in [2.75, 3.05) is 17.1 Å². The third-order valence-electron chi connectivity index (χ3n) is 4.61. The van der Waals surface area contributed by atoms with Crippen LogP contribution in [0.25, 0.3) is 11.3 Å². The third-order valence-corrected chi connectivity index (χ3v) is 7.02. The summed E-state index contributed by atoms with van der Waals surface area (Å²) in [4.78, 5) is 17.2. The van der Waals surface area contributed by atoms with Crippen LogP contribution in [0.1, 0.15) is 10.4 Å². The van der Waals surface area contributed by atoms with Crippen LogP contribution < -0.4 is 14.8 Å². The average Bonchev–Trinajstić information content (AvgIpc) is 3.28. The van der Waals surface area contributed by atoms with Gasteiger partial charge in [-0.1, -0.05) is 29.8 Å². The predicted octanol–water partition coefficient (Wildman–Crippen LogP) is 5.53. The molecule has 33 heavy (non-hydrogen) atoms. The Balaban J connectivity index is 1.47. The summed E-state index contributed by atoms with van der Waals surface area (Å²) >= 11 is 7.21. The van der Waals surface area contributed by atoms with Gasteiger partial charge in [0.25, 0.3) is 15.9 Å². The first kappa shape index (κ1) is 22.8. The number of benzene rings is 3. The number of amides is 1. The second-order valence-corrected chi connectivity index (χ2v) is 9.84. The minimum atomic E-state index is -3.83. The van der Waals surface area contributed by atoms with Crippen molar-refractivity contribution >= 4 is 49.7 Å². The average molecular weight is 500 g/mol. The largest absolute Gasteiger partial charge is 0.497 e. The molecule has 0 spiro atoms. The Labute approximate surface area is 200 Å². The van der Waals surface area contributed by atoms with E-state index in [-0.39, 0.29) is 16.1 Å². The standard InChI is InChI=1S/C23H18ClN3O4S2/c1-31-19-9-11-20(12-10-19)33(29,30)27-18-4-2-3-16(13-18)22(28)26-23-25-21(14-32-23)15-5-7-17(24)8-6-15/h2-14,27H,1H3,(H,25,26,28). The van der Waals surface area contributed by atoms with E-state index >= 15 is 0 Å². The van der Waals surface area contributed by atoms with Crippen LogP contribution in [-0.2, 0) is 10.0 Å². The van der Waals surface area contributed by atoms with Gasteiger partial charge in [0.15, 0.2) is 5.13 Å². The number of sulfonamides is 1. The molecule has 3 aromatic carbocycles. The number of carbonyl (C=O) groups excluding carboxylic acids is 1. The van der Waals surface area contributed by atoms with Gasteiger partial charge in [0, 0.05) is 27.2 Å². The number of hydrogen-bond donors (Lipinski definition) is 2. The summed E-state index contributed by atoms with van der Waals surface area (Å²) in [5, 5.41) is 5.63. The molecule has 10 heteroatoms. The number of rotatable bonds is 7. The van der Waals surface area contributed by atoms with Gasteiger partial charge >= 0.3 is 0 Å². The van der Waals surface area contributed by atoms with Gasteiger partial charge in [0.2, 0.25) is 0 Å². The van der Waals surface area contributed by atoms with E-state index in [9.17, 15) is 13.2 Å². The molecule has 1 heterocycles. The quantitative estimate of drug-likeness (QED) is 0.348. The number of halogens is 1. The van der Waals surface area contributed by atoms with Crippen LogP contribution in [0.15, 0.2) is 83.1 Å². The Kier molecular flexibility index (Phi) is 6.64. The molecule has 168 valence electrons. The van der Waals surface area contributed by atoms with Gasteiger partial charge < -0.3 is 4.74 Å². The number of carbonyl (C=O) groups is 1. The first-order valence-corrected chi connectivity index (χ1v) is 12.4. The van der Waals surface area contributed by atoms with Crippen molar-refractivity contribution in [3.05, 3.63) is 88.8 Å². The maximum Gasteiger partial charge on any atom is 0.261 e. The van der Waals surface area contributed by atoms with E-state index in [1.807, 2.05) is 17.5 Å². The maximum absolute atomic E-state index is 12.7. The first-order chi connectivity index (χ1) is 15.8. The molecule has 4 rings (SSSR count). The molecule has 0 saturated heterocycles. The van der Waals surface area contributed by atoms with Crippen LogP contribution in [0.2, 0.25) is 5.02 Å². The SMILES string of the molecule is COc1ccc(S(=O)(=O)Nc2cccc(C(=O)Nc3nc(-c4ccc(Cl)cc4)cs3)c2)cc1. The van der Waals surface area contributed by atoms with Gasteiger partial charge in [-0.3, -0.25) is 14.8 Å². The molecule has 0 saturated carbocycles. The second kappa shape index (κ2) is 9.62. The summed E-state index contributed by atoms with van der Waals surface area (Å²) in [7, 11) is -2.32. The Morgan fingerprint density at radius 2 is 1.76 bits per heavy atom. The second-order valence-electron chi connectivity index (χ2n) is 6.86. The first-order valence-electron chi connectivity index (χ1n) is 9.64. The molecular formula is C23H18ClN3O4S2. The summed E-state index contributed by atoms with van der Waals surface area (Å²) in [6.45, 7) is 0. The van der Waals surface area contributed by atoms with Crippen LogP contribution >= 0.6 is 22.9 Å². The Morgan fingerprint density at radius 3 is 2.45 bits per heavy atom. The van der Waals surface area contributed by atoms with E-state index in [2.05, 4.69) is 15.0 Å². The number of ether oxygens (including phenoxy) is 1. The number of thiazole rings is 1. The molecule has 0 atom stereocenters. The molecule has 2 N–H and O–H groups in total. The van der Waals surface area contributed by atoms with Crippen molar-refractivity contribution in [3.8, 4) is 17.0 Å². The van der Waals surface area contributed by atoms with Crippen molar-refractivity contribution < 1.29 is 17.9 Å². The van der Waals surface area contributed by atoms with Gasteiger partial charge in [-0.25, -0.2) is 13.4 Å². The van der Waals surface area contributed by atoms with Crippen LogP contribution in [0, 0.1) is 0 Å². The zero-order valence-electron chi connectivity index (χ0n) is 17.3. The molecule has 1 aromatic heterocycles. The number of nitrogens with one attached hydrogen (secondary N) is 2.